The number of carbonyl (C=O) groups excluding carboxylic acids is 2. The van der Waals surface area contributed by atoms with Crippen LogP contribution in [0.3, 0.4) is 0 Å². The zero-order chi connectivity index (χ0) is 24.1. The van der Waals surface area contributed by atoms with Crippen LogP contribution in [0.25, 0.3) is 0 Å². The second-order valence-corrected chi connectivity index (χ2v) is 10.8. The summed E-state index contributed by atoms with van der Waals surface area (Å²) >= 11 is 5.35. The van der Waals surface area contributed by atoms with Crippen LogP contribution in [-0.2, 0) is 19.6 Å². The molecule has 0 aliphatic carbocycles. The van der Waals surface area contributed by atoms with E-state index in [2.05, 4.69) is 5.32 Å². The Hall–Kier alpha value is -3.05. The topological polar surface area (TPSA) is 96.0 Å². The molecule has 2 aromatic carbocycles. The molecule has 0 unspecified atom stereocenters. The average molecular weight is 492 g/mol. The molecule has 33 heavy (non-hydrogen) atoms. The Balaban J connectivity index is 1.82. The van der Waals surface area contributed by atoms with Crippen LogP contribution in [-0.4, -0.2) is 52.9 Å². The lowest BCUT2D eigenvalue weighted by Crippen LogP contribution is -2.54. The summed E-state index contributed by atoms with van der Waals surface area (Å²) in [6.07, 6.45) is -0.824. The molecule has 0 saturated carbocycles. The lowest BCUT2D eigenvalue weighted by atomic mass is 9.97. The van der Waals surface area contributed by atoms with E-state index in [0.29, 0.717) is 5.56 Å². The van der Waals surface area contributed by atoms with Gasteiger partial charge < -0.3 is 10.1 Å². The van der Waals surface area contributed by atoms with Crippen LogP contribution in [0.5, 0.6) is 0 Å². The monoisotopic (exact) mass is 491 g/mol. The van der Waals surface area contributed by atoms with Crippen molar-refractivity contribution < 1.29 is 27.1 Å². The molecule has 174 valence electrons. The maximum Gasteiger partial charge on any atom is 0.417 e. The zero-order valence-electron chi connectivity index (χ0n) is 18.1. The van der Waals surface area contributed by atoms with Crippen molar-refractivity contribution in [3.8, 4) is 0 Å². The maximum atomic E-state index is 13.6. The molecule has 4 rings (SSSR count). The Morgan fingerprint density at radius 2 is 1.76 bits per heavy atom. The lowest BCUT2D eigenvalue weighted by molar-refractivity contribution is -0.133. The smallest absolute Gasteiger partial charge is 0.417 e. The zero-order valence-corrected chi connectivity index (χ0v) is 19.7. The largest absolute Gasteiger partial charge is 0.447 e. The molecule has 8 nitrogen and oxygen atoms in total. The fraction of sp³-hybridized carbons (Fsp3) is 0.318. The molecule has 0 radical (unpaired) electrons. The summed E-state index contributed by atoms with van der Waals surface area (Å²) in [6, 6.07) is 8.94. The molecule has 0 aromatic heterocycles. The van der Waals surface area contributed by atoms with Crippen LogP contribution in [0.2, 0.25) is 0 Å². The van der Waals surface area contributed by atoms with Gasteiger partial charge in [-0.3, -0.25) is 4.79 Å². The number of sulfonamides is 1. The molecule has 2 heterocycles. The molecular formula is C22H22FN3O5S2. The standard InChI is InChI=1S/C22H22FN3O5S2/c1-13-4-10-16(11-5-13)33(29,30)26-18(14-6-8-15(23)9-7-14)17(24-20(26)32)19(27)25-21(28)31-12-22(25,2)3/h4-11,17-18H,12H2,1-3H3,(H,24,32)/t17-,18+/m0/s1. The van der Waals surface area contributed by atoms with Crippen molar-refractivity contribution in [2.45, 2.75) is 43.3 Å². The number of nitrogens with one attached hydrogen (secondary N) is 1. The minimum Gasteiger partial charge on any atom is -0.447 e. The summed E-state index contributed by atoms with van der Waals surface area (Å²) in [6.45, 7) is 5.15. The van der Waals surface area contributed by atoms with Gasteiger partial charge >= 0.3 is 6.09 Å². The minimum absolute atomic E-state index is 0.00132. The summed E-state index contributed by atoms with van der Waals surface area (Å²) in [7, 11) is -4.20. The molecule has 2 amide bonds. The molecule has 11 heteroatoms. The number of ether oxygens (including phenoxy) is 1. The number of rotatable bonds is 4. The summed E-state index contributed by atoms with van der Waals surface area (Å²) in [5.74, 6) is -1.21. The first kappa shape index (κ1) is 23.1. The van der Waals surface area contributed by atoms with E-state index in [1.54, 1.807) is 26.0 Å². The highest BCUT2D eigenvalue weighted by molar-refractivity contribution is 7.91. The molecule has 0 spiro atoms. The quantitative estimate of drug-likeness (QED) is 0.657. The summed E-state index contributed by atoms with van der Waals surface area (Å²) in [5.41, 5.74) is 0.269. The van der Waals surface area contributed by atoms with Gasteiger partial charge in [0.1, 0.15) is 24.5 Å². The third-order valence-corrected chi connectivity index (χ3v) is 7.89. The average Bonchev–Trinajstić information content (AvgIpc) is 3.24. The van der Waals surface area contributed by atoms with Gasteiger partial charge in [0.15, 0.2) is 5.11 Å². The first-order valence-electron chi connectivity index (χ1n) is 10.1. The number of nitrogens with zero attached hydrogens (tertiary/aromatic N) is 2. The molecule has 0 bridgehead atoms. The maximum absolute atomic E-state index is 13.6. The SMILES string of the molecule is Cc1ccc(S(=O)(=O)N2C(=S)N[C@H](C(=O)N3C(=O)OCC3(C)C)[C@H]2c2ccc(F)cc2)cc1. The Morgan fingerprint density at radius 1 is 1.15 bits per heavy atom. The van der Waals surface area contributed by atoms with Gasteiger partial charge in [0, 0.05) is 0 Å². The van der Waals surface area contributed by atoms with Crippen LogP contribution in [0.4, 0.5) is 9.18 Å². The van der Waals surface area contributed by atoms with E-state index in [4.69, 9.17) is 17.0 Å². The summed E-state index contributed by atoms with van der Waals surface area (Å²) in [5, 5.41) is 2.57. The minimum atomic E-state index is -4.20. The number of benzene rings is 2. The van der Waals surface area contributed by atoms with Gasteiger partial charge in [-0.25, -0.2) is 26.8 Å². The molecule has 2 saturated heterocycles. The van der Waals surface area contributed by atoms with E-state index in [1.165, 1.54) is 36.4 Å². The molecule has 2 atom stereocenters. The predicted octanol–water partition coefficient (Wildman–Crippen LogP) is 2.88. The molecule has 2 aliphatic rings. The van der Waals surface area contributed by atoms with Gasteiger partial charge in [0.25, 0.3) is 15.9 Å². The predicted molar refractivity (Wildman–Crippen MR) is 121 cm³/mol. The van der Waals surface area contributed by atoms with Crippen molar-refractivity contribution in [2.75, 3.05) is 6.61 Å². The van der Waals surface area contributed by atoms with Crippen molar-refractivity contribution in [3.63, 3.8) is 0 Å². The number of hydrogen-bond donors (Lipinski definition) is 1. The van der Waals surface area contributed by atoms with Crippen molar-refractivity contribution >= 4 is 39.4 Å². The molecule has 1 N–H and O–H groups in total. The van der Waals surface area contributed by atoms with Gasteiger partial charge in [-0.05, 0) is 62.8 Å². The number of imide groups is 1. The van der Waals surface area contributed by atoms with Crippen molar-refractivity contribution in [2.24, 2.45) is 0 Å². The third kappa shape index (κ3) is 3.95. The Labute approximate surface area is 196 Å². The van der Waals surface area contributed by atoms with E-state index >= 15 is 0 Å². The fourth-order valence-corrected chi connectivity index (χ4v) is 6.00. The normalized spacial score (nSPS) is 22.3. The number of hydrogen-bond acceptors (Lipinski definition) is 6. The number of thiocarbonyl (C=S) groups is 1. The fourth-order valence-electron chi connectivity index (χ4n) is 3.95. The highest BCUT2D eigenvalue weighted by Crippen LogP contribution is 2.37. The molecule has 2 fully saturated rings. The second-order valence-electron chi connectivity index (χ2n) is 8.58. The number of halogens is 1. The molecule has 2 aromatic rings. The lowest BCUT2D eigenvalue weighted by Gasteiger charge is -2.31. The van der Waals surface area contributed by atoms with Crippen LogP contribution >= 0.6 is 12.2 Å². The van der Waals surface area contributed by atoms with E-state index in [9.17, 15) is 22.4 Å². The number of amides is 2. The molecule has 2 aliphatic heterocycles. The Kier molecular flexibility index (Phi) is 5.65. The van der Waals surface area contributed by atoms with Gasteiger partial charge in [0.2, 0.25) is 0 Å². The Morgan fingerprint density at radius 3 is 2.30 bits per heavy atom. The number of cyclic esters (lactones) is 1. The number of carbonyl (C=O) groups is 2. The highest BCUT2D eigenvalue weighted by Gasteiger charge is 2.54. The Bertz CT molecular complexity index is 1230. The van der Waals surface area contributed by atoms with E-state index in [0.717, 1.165) is 14.8 Å². The molecular weight excluding hydrogens is 469 g/mol. The van der Waals surface area contributed by atoms with Crippen LogP contribution in [0.15, 0.2) is 53.4 Å². The van der Waals surface area contributed by atoms with Gasteiger partial charge in [-0.1, -0.05) is 29.8 Å². The van der Waals surface area contributed by atoms with Gasteiger partial charge in [-0.2, -0.15) is 0 Å². The highest BCUT2D eigenvalue weighted by atomic mass is 32.2. The number of aryl methyl sites for hydroxylation is 1. The third-order valence-electron chi connectivity index (χ3n) is 5.66. The van der Waals surface area contributed by atoms with Crippen molar-refractivity contribution in [1.29, 1.82) is 0 Å². The summed E-state index contributed by atoms with van der Waals surface area (Å²) < 4.78 is 46.8. The first-order chi connectivity index (χ1) is 15.4. The summed E-state index contributed by atoms with van der Waals surface area (Å²) in [4.78, 5) is 26.8. The van der Waals surface area contributed by atoms with Crippen LogP contribution in [0.1, 0.15) is 31.0 Å². The van der Waals surface area contributed by atoms with Crippen LogP contribution in [0, 0.1) is 12.7 Å². The van der Waals surface area contributed by atoms with Gasteiger partial charge in [-0.15, -0.1) is 0 Å². The van der Waals surface area contributed by atoms with Crippen LogP contribution < -0.4 is 5.32 Å². The van der Waals surface area contributed by atoms with Gasteiger partial charge in [0.05, 0.1) is 10.4 Å². The van der Waals surface area contributed by atoms with Crippen molar-refractivity contribution in [3.05, 3.63) is 65.5 Å². The van der Waals surface area contributed by atoms with E-state index < -0.39 is 45.5 Å². The second kappa shape index (κ2) is 8.07. The first-order valence-corrected chi connectivity index (χ1v) is 12.0. The van der Waals surface area contributed by atoms with E-state index in [-0.39, 0.29) is 16.6 Å². The van der Waals surface area contributed by atoms with E-state index in [1.807, 2.05) is 6.92 Å². The van der Waals surface area contributed by atoms with Crippen molar-refractivity contribution in [1.82, 2.24) is 14.5 Å².